The quantitative estimate of drug-likeness (QED) is 0.830. The Morgan fingerprint density at radius 3 is 2.84 bits per heavy atom. The predicted octanol–water partition coefficient (Wildman–Crippen LogP) is 3.71. The molecule has 0 bridgehead atoms. The van der Waals surface area contributed by atoms with E-state index in [1.54, 1.807) is 23.1 Å². The SMILES string of the molecule is O=C(CC(F)(F)F)N1CCS[C@H](c2cccs2)CC1. The van der Waals surface area contributed by atoms with Crippen LogP contribution in [0, 0.1) is 0 Å². The summed E-state index contributed by atoms with van der Waals surface area (Å²) in [5, 5.41) is 2.29. The summed E-state index contributed by atoms with van der Waals surface area (Å²) in [5.41, 5.74) is 0. The fourth-order valence-electron chi connectivity index (χ4n) is 2.00. The lowest BCUT2D eigenvalue weighted by Gasteiger charge is -2.20. The molecule has 0 radical (unpaired) electrons. The third kappa shape index (κ3) is 4.42. The molecule has 0 aromatic carbocycles. The van der Waals surface area contributed by atoms with Crippen LogP contribution in [0.3, 0.4) is 0 Å². The number of nitrogens with zero attached hydrogens (tertiary/aromatic N) is 1. The van der Waals surface area contributed by atoms with E-state index in [1.165, 1.54) is 9.78 Å². The minimum absolute atomic E-state index is 0.295. The number of hydrogen-bond acceptors (Lipinski definition) is 3. The molecule has 1 atom stereocenters. The highest BCUT2D eigenvalue weighted by atomic mass is 32.2. The van der Waals surface area contributed by atoms with Crippen molar-refractivity contribution in [2.75, 3.05) is 18.8 Å². The summed E-state index contributed by atoms with van der Waals surface area (Å²) < 4.78 is 36.6. The first kappa shape index (κ1) is 14.7. The van der Waals surface area contributed by atoms with Crippen molar-refractivity contribution >= 4 is 29.0 Å². The first-order chi connectivity index (χ1) is 8.96. The fraction of sp³-hybridized carbons (Fsp3) is 0.583. The van der Waals surface area contributed by atoms with Crippen molar-refractivity contribution in [3.05, 3.63) is 22.4 Å². The topological polar surface area (TPSA) is 20.3 Å². The summed E-state index contributed by atoms with van der Waals surface area (Å²) >= 11 is 3.37. The zero-order valence-corrected chi connectivity index (χ0v) is 11.8. The van der Waals surface area contributed by atoms with Crippen molar-refractivity contribution in [2.45, 2.75) is 24.3 Å². The van der Waals surface area contributed by atoms with Crippen molar-refractivity contribution in [1.29, 1.82) is 0 Å². The smallest absolute Gasteiger partial charge is 0.342 e. The first-order valence-electron chi connectivity index (χ1n) is 5.95. The molecule has 0 unspecified atom stereocenters. The molecular formula is C12H14F3NOS2. The molecule has 2 rings (SSSR count). The number of carbonyl (C=O) groups excluding carboxylic acids is 1. The maximum Gasteiger partial charge on any atom is 0.397 e. The number of rotatable bonds is 2. The Bertz CT molecular complexity index is 419. The van der Waals surface area contributed by atoms with Gasteiger partial charge < -0.3 is 4.90 Å². The van der Waals surface area contributed by atoms with Crippen LogP contribution in [0.1, 0.15) is 23.0 Å². The molecule has 1 saturated heterocycles. The molecule has 0 aliphatic carbocycles. The van der Waals surface area contributed by atoms with Gasteiger partial charge in [-0.1, -0.05) is 6.07 Å². The molecule has 1 aliphatic rings. The molecule has 0 N–H and O–H groups in total. The lowest BCUT2D eigenvalue weighted by molar-refractivity contribution is -0.161. The van der Waals surface area contributed by atoms with Gasteiger partial charge in [0.2, 0.25) is 5.91 Å². The van der Waals surface area contributed by atoms with E-state index in [0.29, 0.717) is 24.1 Å². The minimum atomic E-state index is -4.41. The van der Waals surface area contributed by atoms with Crippen LogP contribution in [0.25, 0.3) is 0 Å². The second-order valence-corrected chi connectivity index (χ2v) is 6.63. The molecule has 0 spiro atoms. The van der Waals surface area contributed by atoms with Gasteiger partial charge in [-0.25, -0.2) is 0 Å². The van der Waals surface area contributed by atoms with Crippen LogP contribution in [0.4, 0.5) is 13.2 Å². The van der Waals surface area contributed by atoms with Crippen molar-refractivity contribution in [3.8, 4) is 0 Å². The number of halogens is 3. The van der Waals surface area contributed by atoms with Crippen LogP contribution in [0.2, 0.25) is 0 Å². The largest absolute Gasteiger partial charge is 0.397 e. The van der Waals surface area contributed by atoms with E-state index in [4.69, 9.17) is 0 Å². The van der Waals surface area contributed by atoms with Crippen LogP contribution in [-0.2, 0) is 4.79 Å². The highest BCUT2D eigenvalue weighted by Crippen LogP contribution is 2.37. The second kappa shape index (κ2) is 6.17. The Kier molecular flexibility index (Phi) is 4.78. The maximum absolute atomic E-state index is 12.2. The maximum atomic E-state index is 12.2. The lowest BCUT2D eigenvalue weighted by atomic mass is 10.2. The molecule has 2 nitrogen and oxygen atoms in total. The molecule has 0 saturated carbocycles. The number of thioether (sulfide) groups is 1. The van der Waals surface area contributed by atoms with Crippen LogP contribution >= 0.6 is 23.1 Å². The van der Waals surface area contributed by atoms with Crippen LogP contribution in [0.5, 0.6) is 0 Å². The highest BCUT2D eigenvalue weighted by Gasteiger charge is 2.34. The highest BCUT2D eigenvalue weighted by molar-refractivity contribution is 7.99. The van der Waals surface area contributed by atoms with E-state index < -0.39 is 18.5 Å². The monoisotopic (exact) mass is 309 g/mol. The van der Waals surface area contributed by atoms with E-state index in [2.05, 4.69) is 0 Å². The molecule has 7 heteroatoms. The lowest BCUT2D eigenvalue weighted by Crippen LogP contribution is -2.35. The van der Waals surface area contributed by atoms with Crippen LogP contribution in [0.15, 0.2) is 17.5 Å². The fourth-order valence-corrected chi connectivity index (χ4v) is 4.24. The van der Waals surface area contributed by atoms with Gasteiger partial charge in [-0.2, -0.15) is 24.9 Å². The Morgan fingerprint density at radius 1 is 1.42 bits per heavy atom. The molecule has 1 fully saturated rings. The minimum Gasteiger partial charge on any atom is -0.342 e. The number of amides is 1. The predicted molar refractivity (Wildman–Crippen MR) is 71.4 cm³/mol. The van der Waals surface area contributed by atoms with Gasteiger partial charge in [-0.15, -0.1) is 11.3 Å². The van der Waals surface area contributed by atoms with E-state index in [1.807, 2.05) is 17.5 Å². The third-order valence-corrected chi connectivity index (χ3v) is 5.35. The normalized spacial score (nSPS) is 21.2. The summed E-state index contributed by atoms with van der Waals surface area (Å²) in [4.78, 5) is 14.1. The van der Waals surface area contributed by atoms with Crippen LogP contribution < -0.4 is 0 Å². The standard InChI is InChI=1S/C12H14F3NOS2/c13-12(14,15)8-11(17)16-4-3-10(19-7-5-16)9-2-1-6-18-9/h1-2,6,10H,3-5,7-8H2/t10-/m0/s1. The van der Waals surface area contributed by atoms with E-state index in [0.717, 1.165) is 6.42 Å². The molecule has 106 valence electrons. The first-order valence-corrected chi connectivity index (χ1v) is 7.88. The molecular weight excluding hydrogens is 295 g/mol. The van der Waals surface area contributed by atoms with Gasteiger partial charge in [0.15, 0.2) is 0 Å². The summed E-state index contributed by atoms with van der Waals surface area (Å²) in [6.45, 7) is 0.811. The molecule has 19 heavy (non-hydrogen) atoms. The van der Waals surface area contributed by atoms with E-state index in [9.17, 15) is 18.0 Å². The van der Waals surface area contributed by atoms with E-state index >= 15 is 0 Å². The Labute approximate surface area is 118 Å². The summed E-state index contributed by atoms with van der Waals surface area (Å²) in [7, 11) is 0. The molecule has 1 aromatic rings. The number of hydrogen-bond donors (Lipinski definition) is 0. The van der Waals surface area contributed by atoms with Crippen molar-refractivity contribution < 1.29 is 18.0 Å². The average Bonchev–Trinajstić information content (AvgIpc) is 2.71. The average molecular weight is 309 g/mol. The van der Waals surface area contributed by atoms with Gasteiger partial charge in [-0.3, -0.25) is 4.79 Å². The van der Waals surface area contributed by atoms with Gasteiger partial charge >= 0.3 is 6.18 Å². The summed E-state index contributed by atoms with van der Waals surface area (Å²) in [5.74, 6) is -0.119. The molecule has 1 aromatic heterocycles. The van der Waals surface area contributed by atoms with E-state index in [-0.39, 0.29) is 0 Å². The van der Waals surface area contributed by atoms with Gasteiger partial charge in [0.05, 0.1) is 0 Å². The van der Waals surface area contributed by atoms with Crippen molar-refractivity contribution in [1.82, 2.24) is 4.90 Å². The number of carbonyl (C=O) groups is 1. The Hall–Kier alpha value is -0.690. The Morgan fingerprint density at radius 2 is 2.21 bits per heavy atom. The van der Waals surface area contributed by atoms with Gasteiger partial charge in [0.1, 0.15) is 6.42 Å². The second-order valence-electron chi connectivity index (χ2n) is 4.34. The number of alkyl halides is 3. The van der Waals surface area contributed by atoms with Crippen molar-refractivity contribution in [2.24, 2.45) is 0 Å². The van der Waals surface area contributed by atoms with Gasteiger partial charge in [0.25, 0.3) is 0 Å². The molecule has 2 heterocycles. The van der Waals surface area contributed by atoms with Gasteiger partial charge in [0, 0.05) is 29.0 Å². The zero-order chi connectivity index (χ0) is 13.9. The molecule has 1 aliphatic heterocycles. The number of thiophene rings is 1. The Balaban J connectivity index is 1.91. The molecule has 1 amide bonds. The van der Waals surface area contributed by atoms with Crippen molar-refractivity contribution in [3.63, 3.8) is 0 Å². The summed E-state index contributed by atoms with van der Waals surface area (Å²) in [6.07, 6.45) is -5.04. The summed E-state index contributed by atoms with van der Waals surface area (Å²) in [6, 6.07) is 4.01. The zero-order valence-electron chi connectivity index (χ0n) is 10.2. The van der Waals surface area contributed by atoms with Gasteiger partial charge in [-0.05, 0) is 17.9 Å². The van der Waals surface area contributed by atoms with Crippen LogP contribution in [-0.4, -0.2) is 35.8 Å². The third-order valence-electron chi connectivity index (χ3n) is 2.91.